The molecule has 3 rings (SSSR count). The van der Waals surface area contributed by atoms with Gasteiger partial charge in [0.05, 0.1) is 17.7 Å². The molecular weight excluding hydrogens is 532 g/mol. The Kier molecular flexibility index (Phi) is 9.69. The Morgan fingerprint density at radius 2 is 1.73 bits per heavy atom. The number of anilines is 1. The molecule has 2 atom stereocenters. The molecule has 2 N–H and O–H groups in total. The number of nitrogens with one attached hydrogen (secondary N) is 2. The molecule has 2 saturated heterocycles. The molecule has 0 unspecified atom stereocenters. The van der Waals surface area contributed by atoms with Crippen molar-refractivity contribution in [3.05, 3.63) is 23.5 Å². The third-order valence-corrected chi connectivity index (χ3v) is 7.66. The molecule has 1 aromatic rings. The first-order chi connectivity index (χ1) is 18.8. The molecule has 0 saturated carbocycles. The van der Waals surface area contributed by atoms with Gasteiger partial charge in [0, 0.05) is 18.2 Å². The number of esters is 1. The normalized spacial score (nSPS) is 21.7. The average molecular weight is 578 g/mol. The van der Waals surface area contributed by atoms with Crippen molar-refractivity contribution in [3.8, 4) is 0 Å². The Morgan fingerprint density at radius 1 is 1.12 bits per heavy atom. The van der Waals surface area contributed by atoms with Gasteiger partial charge in [-0.25, -0.2) is 14.0 Å². The van der Waals surface area contributed by atoms with Gasteiger partial charge in [0.25, 0.3) is 0 Å². The van der Waals surface area contributed by atoms with Crippen molar-refractivity contribution in [1.82, 2.24) is 10.2 Å². The van der Waals surface area contributed by atoms with E-state index in [1.165, 1.54) is 12.1 Å². The Morgan fingerprint density at radius 3 is 2.29 bits per heavy atom. The number of likely N-dealkylation sites (tertiary alicyclic amines) is 1. The molecule has 2 heterocycles. The summed E-state index contributed by atoms with van der Waals surface area (Å²) < 4.78 is 37.8. The molecular formula is C29H45BFN3O7. The number of carbonyl (C=O) groups excluding carboxylic acids is 3. The summed E-state index contributed by atoms with van der Waals surface area (Å²) in [6.07, 6.45) is -0.539. The zero-order chi connectivity index (χ0) is 30.9. The fourth-order valence-corrected chi connectivity index (χ4v) is 4.88. The largest absolute Gasteiger partial charge is 0.495 e. The second kappa shape index (κ2) is 12.2. The maximum Gasteiger partial charge on any atom is 0.495 e. The zero-order valence-electron chi connectivity index (χ0n) is 26.0. The van der Waals surface area contributed by atoms with E-state index in [2.05, 4.69) is 24.5 Å². The van der Waals surface area contributed by atoms with Gasteiger partial charge in [0.2, 0.25) is 0 Å². The maximum absolute atomic E-state index is 14.7. The van der Waals surface area contributed by atoms with Gasteiger partial charge in [-0.3, -0.25) is 4.79 Å². The molecule has 1 aromatic carbocycles. The molecule has 3 amide bonds. The predicted octanol–water partition coefficient (Wildman–Crippen LogP) is 4.38. The van der Waals surface area contributed by atoms with Gasteiger partial charge < -0.3 is 34.3 Å². The van der Waals surface area contributed by atoms with Crippen LogP contribution in [0.2, 0.25) is 0 Å². The van der Waals surface area contributed by atoms with Crippen molar-refractivity contribution >= 4 is 36.4 Å². The summed E-state index contributed by atoms with van der Waals surface area (Å²) in [6, 6.07) is 2.20. The van der Waals surface area contributed by atoms with Crippen LogP contribution in [0.1, 0.15) is 74.3 Å². The first-order valence-corrected chi connectivity index (χ1v) is 14.2. The SMILES string of the molecule is Cc1c(NC(=O)N2C[C@H](CC(C)C)[C@@H](OC(=O)CNC(=O)OC(C)(C)C)C2)cc(F)cc1B1OC(C)(C)C(C)(C)O1. The van der Waals surface area contributed by atoms with Gasteiger partial charge in [0.15, 0.2) is 0 Å². The summed E-state index contributed by atoms with van der Waals surface area (Å²) in [5.74, 6) is -0.943. The van der Waals surface area contributed by atoms with Crippen LogP contribution in [-0.2, 0) is 23.6 Å². The number of rotatable bonds is 7. The van der Waals surface area contributed by atoms with Crippen LogP contribution in [0.15, 0.2) is 12.1 Å². The van der Waals surface area contributed by atoms with Gasteiger partial charge in [-0.2, -0.15) is 0 Å². The summed E-state index contributed by atoms with van der Waals surface area (Å²) in [6.45, 7) is 18.9. The number of hydrogen-bond donors (Lipinski definition) is 2. The molecule has 2 aliphatic rings. The van der Waals surface area contributed by atoms with E-state index in [-0.39, 0.29) is 19.0 Å². The molecule has 41 heavy (non-hydrogen) atoms. The number of benzene rings is 1. The monoisotopic (exact) mass is 577 g/mol. The topological polar surface area (TPSA) is 115 Å². The number of urea groups is 1. The average Bonchev–Trinajstić information content (AvgIpc) is 3.29. The Labute approximate surface area is 243 Å². The maximum atomic E-state index is 14.7. The molecule has 10 nitrogen and oxygen atoms in total. The van der Waals surface area contributed by atoms with E-state index in [0.717, 1.165) is 6.42 Å². The van der Waals surface area contributed by atoms with Gasteiger partial charge in [0.1, 0.15) is 24.1 Å². The molecule has 0 aromatic heterocycles. The molecule has 0 bridgehead atoms. The lowest BCUT2D eigenvalue weighted by molar-refractivity contribution is -0.149. The highest BCUT2D eigenvalue weighted by Crippen LogP contribution is 2.37. The number of amides is 3. The number of alkyl carbamates (subject to hydrolysis) is 1. The third kappa shape index (κ3) is 8.35. The van der Waals surface area contributed by atoms with Gasteiger partial charge in [-0.05, 0) is 90.9 Å². The lowest BCUT2D eigenvalue weighted by Gasteiger charge is -2.32. The van der Waals surface area contributed by atoms with Crippen molar-refractivity contribution in [2.75, 3.05) is 25.0 Å². The minimum atomic E-state index is -0.786. The number of carbonyl (C=O) groups is 3. The smallest absolute Gasteiger partial charge is 0.459 e. The Hall–Kier alpha value is -2.86. The summed E-state index contributed by atoms with van der Waals surface area (Å²) >= 11 is 0. The van der Waals surface area contributed by atoms with E-state index < -0.39 is 53.9 Å². The van der Waals surface area contributed by atoms with Crippen molar-refractivity contribution < 1.29 is 37.6 Å². The van der Waals surface area contributed by atoms with Crippen LogP contribution in [0.3, 0.4) is 0 Å². The van der Waals surface area contributed by atoms with E-state index in [4.69, 9.17) is 18.8 Å². The number of ether oxygens (including phenoxy) is 2. The second-order valence-corrected chi connectivity index (χ2v) is 13.4. The van der Waals surface area contributed by atoms with Crippen molar-refractivity contribution in [3.63, 3.8) is 0 Å². The van der Waals surface area contributed by atoms with Crippen LogP contribution in [0.4, 0.5) is 19.7 Å². The highest BCUT2D eigenvalue weighted by Gasteiger charge is 2.52. The van der Waals surface area contributed by atoms with Crippen LogP contribution in [-0.4, -0.2) is 72.7 Å². The van der Waals surface area contributed by atoms with Crippen LogP contribution >= 0.6 is 0 Å². The van der Waals surface area contributed by atoms with Crippen LogP contribution < -0.4 is 16.1 Å². The van der Waals surface area contributed by atoms with Crippen molar-refractivity contribution in [1.29, 1.82) is 0 Å². The summed E-state index contributed by atoms with van der Waals surface area (Å²) in [5.41, 5.74) is -0.455. The van der Waals surface area contributed by atoms with Gasteiger partial charge in [-0.1, -0.05) is 13.8 Å². The molecule has 228 valence electrons. The standard InChI is InChI=1S/C29H45BFN3O7/c1-17(2)11-19-15-34(16-23(19)38-24(35)14-32-26(37)39-27(4,5)6)25(36)33-22-13-20(31)12-21(18(22)3)30-40-28(7,8)29(9,10)41-30/h12-13,17,19,23H,11,14-16H2,1-10H3,(H,32,37)(H,33,36)/t19-,23-/m0/s1. The van der Waals surface area contributed by atoms with E-state index in [0.29, 0.717) is 29.2 Å². The Balaban J connectivity index is 1.69. The van der Waals surface area contributed by atoms with Gasteiger partial charge in [-0.15, -0.1) is 0 Å². The highest BCUT2D eigenvalue weighted by molar-refractivity contribution is 6.62. The van der Waals surface area contributed by atoms with Crippen LogP contribution in [0, 0.1) is 24.6 Å². The first kappa shape index (κ1) is 32.7. The molecule has 0 spiro atoms. The summed E-state index contributed by atoms with van der Waals surface area (Å²) in [7, 11) is -0.786. The zero-order valence-corrected chi connectivity index (χ0v) is 26.0. The quantitative estimate of drug-likeness (QED) is 0.365. The fraction of sp³-hybridized carbons (Fsp3) is 0.690. The van der Waals surface area contributed by atoms with Crippen LogP contribution in [0.5, 0.6) is 0 Å². The number of hydrogen-bond acceptors (Lipinski definition) is 7. The summed E-state index contributed by atoms with van der Waals surface area (Å²) in [5, 5.41) is 5.23. The second-order valence-electron chi connectivity index (χ2n) is 13.4. The van der Waals surface area contributed by atoms with Crippen molar-refractivity contribution in [2.24, 2.45) is 11.8 Å². The van der Waals surface area contributed by atoms with E-state index >= 15 is 0 Å². The van der Waals surface area contributed by atoms with Gasteiger partial charge >= 0.3 is 25.2 Å². The van der Waals surface area contributed by atoms with Crippen LogP contribution in [0.25, 0.3) is 0 Å². The molecule has 0 radical (unpaired) electrons. The van der Waals surface area contributed by atoms with E-state index in [9.17, 15) is 18.8 Å². The minimum absolute atomic E-state index is 0.0971. The predicted molar refractivity (Wildman–Crippen MR) is 155 cm³/mol. The Bertz CT molecular complexity index is 1140. The lowest BCUT2D eigenvalue weighted by Crippen LogP contribution is -2.41. The molecule has 2 fully saturated rings. The van der Waals surface area contributed by atoms with E-state index in [1.807, 2.05) is 27.7 Å². The fourth-order valence-electron chi connectivity index (χ4n) is 4.88. The molecule has 12 heteroatoms. The minimum Gasteiger partial charge on any atom is -0.459 e. The lowest BCUT2D eigenvalue weighted by atomic mass is 9.75. The molecule has 0 aliphatic carbocycles. The summed E-state index contributed by atoms with van der Waals surface area (Å²) in [4.78, 5) is 39.3. The number of nitrogens with zero attached hydrogens (tertiary/aromatic N) is 1. The van der Waals surface area contributed by atoms with Crippen molar-refractivity contribution in [2.45, 2.75) is 98.6 Å². The highest BCUT2D eigenvalue weighted by atomic mass is 19.1. The first-order valence-electron chi connectivity index (χ1n) is 14.2. The molecule has 2 aliphatic heterocycles. The third-order valence-electron chi connectivity index (χ3n) is 7.66. The number of halogens is 1. The van der Waals surface area contributed by atoms with E-state index in [1.54, 1.807) is 32.6 Å².